The fourth-order valence-corrected chi connectivity index (χ4v) is 4.26. The van der Waals surface area contributed by atoms with Gasteiger partial charge in [0.25, 0.3) is 0 Å². The zero-order valence-electron chi connectivity index (χ0n) is 10.4. The maximum Gasteiger partial charge on any atom is 0.308 e. The molecule has 0 aromatic heterocycles. The molecular weight excluding hydrogens is 264 g/mol. The van der Waals surface area contributed by atoms with Gasteiger partial charge in [0.05, 0.1) is 16.9 Å². The number of benzene rings is 1. The van der Waals surface area contributed by atoms with Crippen molar-refractivity contribution in [1.29, 1.82) is 0 Å². The number of aliphatic carboxylic acids is 1. The van der Waals surface area contributed by atoms with E-state index in [4.69, 9.17) is 5.11 Å². The quantitative estimate of drug-likeness (QED) is 0.919. The normalized spacial score (nSPS) is 26.3. The molecule has 1 aliphatic rings. The Bertz CT molecular complexity index is 575. The first kappa shape index (κ1) is 13.8. The molecule has 0 unspecified atom stereocenters. The van der Waals surface area contributed by atoms with Gasteiger partial charge in [-0.2, -0.15) is 0 Å². The predicted octanol–water partition coefficient (Wildman–Crippen LogP) is 1.98. The van der Waals surface area contributed by atoms with Gasteiger partial charge in [-0.25, -0.2) is 8.42 Å². The molecule has 1 fully saturated rings. The average Bonchev–Trinajstić information content (AvgIpc) is 2.37. The minimum absolute atomic E-state index is 0.0700. The Morgan fingerprint density at radius 2 is 1.95 bits per heavy atom. The van der Waals surface area contributed by atoms with Gasteiger partial charge in [0.2, 0.25) is 0 Å². The molecule has 1 aliphatic heterocycles. The van der Waals surface area contributed by atoms with Crippen LogP contribution in [0.1, 0.15) is 18.4 Å². The molecule has 0 amide bonds. The van der Waals surface area contributed by atoms with Crippen molar-refractivity contribution in [3.05, 3.63) is 42.0 Å². The number of sulfone groups is 1. The third-order valence-electron chi connectivity index (χ3n) is 3.35. The molecule has 1 aromatic rings. The third-order valence-corrected chi connectivity index (χ3v) is 5.52. The molecule has 19 heavy (non-hydrogen) atoms. The van der Waals surface area contributed by atoms with E-state index in [2.05, 4.69) is 0 Å². The van der Waals surface area contributed by atoms with Crippen LogP contribution in [0.2, 0.25) is 0 Å². The maximum absolute atomic E-state index is 12.0. The molecule has 0 bridgehead atoms. The number of carbonyl (C=O) groups is 1. The summed E-state index contributed by atoms with van der Waals surface area (Å²) in [6.07, 6.45) is 4.04. The van der Waals surface area contributed by atoms with Crippen molar-refractivity contribution in [3.63, 3.8) is 0 Å². The van der Waals surface area contributed by atoms with Crippen LogP contribution in [0.5, 0.6) is 0 Å². The largest absolute Gasteiger partial charge is 0.481 e. The van der Waals surface area contributed by atoms with E-state index in [1.54, 1.807) is 6.08 Å². The lowest BCUT2D eigenvalue weighted by atomic mass is 9.98. The van der Waals surface area contributed by atoms with Crippen molar-refractivity contribution >= 4 is 21.9 Å². The molecule has 5 heteroatoms. The van der Waals surface area contributed by atoms with Gasteiger partial charge in [0.1, 0.15) is 0 Å². The van der Waals surface area contributed by atoms with Crippen molar-refractivity contribution in [2.45, 2.75) is 18.1 Å². The van der Waals surface area contributed by atoms with E-state index in [1.807, 2.05) is 30.3 Å². The van der Waals surface area contributed by atoms with Gasteiger partial charge in [0, 0.05) is 0 Å². The summed E-state index contributed by atoms with van der Waals surface area (Å²) in [6.45, 7) is 0. The van der Waals surface area contributed by atoms with Gasteiger partial charge in [-0.05, 0) is 18.4 Å². The Morgan fingerprint density at radius 1 is 1.26 bits per heavy atom. The summed E-state index contributed by atoms with van der Waals surface area (Å²) in [7, 11) is -3.36. The zero-order valence-corrected chi connectivity index (χ0v) is 11.2. The minimum Gasteiger partial charge on any atom is -0.481 e. The monoisotopic (exact) mass is 280 g/mol. The van der Waals surface area contributed by atoms with Crippen LogP contribution in [0.3, 0.4) is 0 Å². The van der Waals surface area contributed by atoms with Gasteiger partial charge < -0.3 is 5.11 Å². The second kappa shape index (κ2) is 5.57. The van der Waals surface area contributed by atoms with Crippen LogP contribution < -0.4 is 0 Å². The zero-order chi connectivity index (χ0) is 13.9. The van der Waals surface area contributed by atoms with Crippen molar-refractivity contribution in [1.82, 2.24) is 0 Å². The summed E-state index contributed by atoms with van der Waals surface area (Å²) in [6, 6.07) is 9.27. The number of carboxylic acids is 1. The maximum atomic E-state index is 12.0. The second-order valence-corrected chi connectivity index (χ2v) is 6.97. The Balaban J connectivity index is 2.28. The van der Waals surface area contributed by atoms with Gasteiger partial charge in [-0.3, -0.25) is 4.79 Å². The lowest BCUT2D eigenvalue weighted by molar-refractivity contribution is -0.141. The molecule has 0 aliphatic carbocycles. The molecule has 1 aromatic carbocycles. The van der Waals surface area contributed by atoms with Crippen molar-refractivity contribution in [3.8, 4) is 0 Å². The molecule has 0 saturated carbocycles. The molecule has 1 saturated heterocycles. The standard InChI is InChI=1S/C14H16O4S/c15-14(16)12-7-4-10-19(17,18)13(12)9-8-11-5-2-1-3-6-11/h1-3,5-6,8-9,12-13H,4,7,10H2,(H,15,16)/t12-,13+/m1/s1. The first-order valence-electron chi connectivity index (χ1n) is 6.18. The first-order chi connectivity index (χ1) is 9.00. The molecule has 0 spiro atoms. The van der Waals surface area contributed by atoms with E-state index < -0.39 is 27.0 Å². The topological polar surface area (TPSA) is 71.4 Å². The summed E-state index contributed by atoms with van der Waals surface area (Å²) >= 11 is 0. The number of rotatable bonds is 3. The number of hydrogen-bond donors (Lipinski definition) is 1. The van der Waals surface area contributed by atoms with E-state index in [-0.39, 0.29) is 5.75 Å². The van der Waals surface area contributed by atoms with E-state index in [0.29, 0.717) is 12.8 Å². The van der Waals surface area contributed by atoms with Crippen molar-refractivity contribution in [2.75, 3.05) is 5.75 Å². The van der Waals surface area contributed by atoms with Crippen LogP contribution >= 0.6 is 0 Å². The molecular formula is C14H16O4S. The van der Waals surface area contributed by atoms with E-state index in [0.717, 1.165) is 5.56 Å². The summed E-state index contributed by atoms with van der Waals surface area (Å²) in [5.41, 5.74) is 0.868. The van der Waals surface area contributed by atoms with Gasteiger partial charge >= 0.3 is 5.97 Å². The lowest BCUT2D eigenvalue weighted by Crippen LogP contribution is -2.39. The third kappa shape index (κ3) is 3.23. The Hall–Kier alpha value is -1.62. The van der Waals surface area contributed by atoms with Crippen LogP contribution in [-0.2, 0) is 14.6 Å². The molecule has 0 radical (unpaired) electrons. The first-order valence-corrected chi connectivity index (χ1v) is 7.90. The highest BCUT2D eigenvalue weighted by atomic mass is 32.2. The summed E-state index contributed by atoms with van der Waals surface area (Å²) in [4.78, 5) is 11.2. The highest BCUT2D eigenvalue weighted by molar-refractivity contribution is 7.92. The van der Waals surface area contributed by atoms with Crippen molar-refractivity contribution < 1.29 is 18.3 Å². The van der Waals surface area contributed by atoms with E-state index in [9.17, 15) is 13.2 Å². The fourth-order valence-electron chi connectivity index (χ4n) is 2.34. The van der Waals surface area contributed by atoms with Crippen LogP contribution in [0.15, 0.2) is 36.4 Å². The van der Waals surface area contributed by atoms with Gasteiger partial charge in [-0.15, -0.1) is 0 Å². The van der Waals surface area contributed by atoms with Crippen molar-refractivity contribution in [2.24, 2.45) is 5.92 Å². The molecule has 1 heterocycles. The van der Waals surface area contributed by atoms with Crippen LogP contribution in [0, 0.1) is 5.92 Å². The summed E-state index contributed by atoms with van der Waals surface area (Å²) in [5, 5.41) is 8.22. The lowest BCUT2D eigenvalue weighted by Gasteiger charge is -2.26. The van der Waals surface area contributed by atoms with E-state index in [1.165, 1.54) is 6.08 Å². The van der Waals surface area contributed by atoms with E-state index >= 15 is 0 Å². The Morgan fingerprint density at radius 3 is 2.58 bits per heavy atom. The van der Waals surface area contributed by atoms with Gasteiger partial charge in [0.15, 0.2) is 9.84 Å². The summed E-state index contributed by atoms with van der Waals surface area (Å²) < 4.78 is 24.0. The van der Waals surface area contributed by atoms with Crippen LogP contribution in [0.4, 0.5) is 0 Å². The molecule has 2 atom stereocenters. The molecule has 1 N–H and O–H groups in total. The summed E-state index contributed by atoms with van der Waals surface area (Å²) in [5.74, 6) is -1.80. The Kier molecular flexibility index (Phi) is 4.04. The average molecular weight is 280 g/mol. The predicted molar refractivity (Wildman–Crippen MR) is 73.4 cm³/mol. The Labute approximate surface area is 112 Å². The second-order valence-electron chi connectivity index (χ2n) is 4.69. The van der Waals surface area contributed by atoms with Crippen LogP contribution in [0.25, 0.3) is 6.08 Å². The fraction of sp³-hybridized carbons (Fsp3) is 0.357. The molecule has 4 nitrogen and oxygen atoms in total. The molecule has 102 valence electrons. The highest BCUT2D eigenvalue weighted by Crippen LogP contribution is 2.27. The highest BCUT2D eigenvalue weighted by Gasteiger charge is 2.39. The number of hydrogen-bond acceptors (Lipinski definition) is 3. The number of carboxylic acid groups (broad SMARTS) is 1. The SMILES string of the molecule is O=C(O)[C@@H]1CCCS(=O)(=O)[C@H]1C=Cc1ccccc1. The van der Waals surface area contributed by atoms with Crippen LogP contribution in [-0.4, -0.2) is 30.5 Å². The smallest absolute Gasteiger partial charge is 0.308 e. The van der Waals surface area contributed by atoms with Gasteiger partial charge in [-0.1, -0.05) is 42.5 Å². The molecule has 2 rings (SSSR count). The minimum atomic E-state index is -3.36.